The summed E-state index contributed by atoms with van der Waals surface area (Å²) in [6.07, 6.45) is 0.733. The summed E-state index contributed by atoms with van der Waals surface area (Å²) in [4.78, 5) is 12.2. The van der Waals surface area contributed by atoms with Crippen LogP contribution >= 0.6 is 0 Å². The number of carbonyl (C=O) groups is 1. The van der Waals surface area contributed by atoms with Crippen LogP contribution in [0.2, 0.25) is 0 Å². The Bertz CT molecular complexity index is 644. The fourth-order valence-electron chi connectivity index (χ4n) is 3.09. The minimum Gasteiger partial charge on any atom is -0.452 e. The quantitative estimate of drug-likeness (QED) is 0.767. The van der Waals surface area contributed by atoms with E-state index in [0.717, 1.165) is 17.5 Å². The van der Waals surface area contributed by atoms with Crippen LogP contribution in [0.15, 0.2) is 48.5 Å². The Balaban J connectivity index is 1.74. The molecule has 0 amide bonds. The highest BCUT2D eigenvalue weighted by molar-refractivity contribution is 5.81. The second-order valence-electron chi connectivity index (χ2n) is 5.81. The molecule has 2 aromatic rings. The van der Waals surface area contributed by atoms with E-state index in [9.17, 15) is 4.79 Å². The van der Waals surface area contributed by atoms with Crippen molar-refractivity contribution >= 4 is 5.97 Å². The number of esters is 1. The van der Waals surface area contributed by atoms with E-state index in [2.05, 4.69) is 31.2 Å². The Hall–Kier alpha value is -2.09. The Morgan fingerprint density at radius 3 is 2.00 bits per heavy atom. The molecule has 20 heavy (non-hydrogen) atoms. The highest BCUT2D eigenvalue weighted by atomic mass is 16.5. The van der Waals surface area contributed by atoms with Gasteiger partial charge in [0.05, 0.1) is 5.92 Å². The van der Waals surface area contributed by atoms with Crippen LogP contribution in [0, 0.1) is 11.8 Å². The van der Waals surface area contributed by atoms with Crippen molar-refractivity contribution in [1.82, 2.24) is 0 Å². The monoisotopic (exact) mass is 264 g/mol. The van der Waals surface area contributed by atoms with Crippen molar-refractivity contribution in [2.24, 2.45) is 11.8 Å². The van der Waals surface area contributed by atoms with Gasteiger partial charge < -0.3 is 4.74 Å². The molecule has 2 atom stereocenters. The minimum atomic E-state index is -0.234. The van der Waals surface area contributed by atoms with Gasteiger partial charge in [0.15, 0.2) is 6.10 Å². The van der Waals surface area contributed by atoms with E-state index in [1.165, 1.54) is 11.1 Å². The number of hydrogen-bond donors (Lipinski definition) is 0. The molecule has 0 unspecified atom stereocenters. The van der Waals surface area contributed by atoms with Crippen LogP contribution in [0.3, 0.4) is 0 Å². The molecule has 2 aliphatic rings. The summed E-state index contributed by atoms with van der Waals surface area (Å²) >= 11 is 0. The number of benzene rings is 2. The van der Waals surface area contributed by atoms with Crippen LogP contribution in [0.5, 0.6) is 0 Å². The third kappa shape index (κ3) is 1.68. The van der Waals surface area contributed by atoms with Crippen molar-refractivity contribution in [2.45, 2.75) is 19.4 Å². The Kier molecular flexibility index (Phi) is 2.46. The molecule has 100 valence electrons. The summed E-state index contributed by atoms with van der Waals surface area (Å²) in [6.45, 7) is 2.10. The zero-order chi connectivity index (χ0) is 13.7. The first-order valence-corrected chi connectivity index (χ1v) is 7.14. The second kappa shape index (κ2) is 4.20. The Morgan fingerprint density at radius 2 is 1.50 bits per heavy atom. The first-order chi connectivity index (χ1) is 9.75. The summed E-state index contributed by atoms with van der Waals surface area (Å²) in [5.74, 6) is 0.540. The molecule has 2 nitrogen and oxygen atoms in total. The first-order valence-electron chi connectivity index (χ1n) is 7.14. The molecule has 1 saturated carbocycles. The number of hydrogen-bond acceptors (Lipinski definition) is 2. The lowest BCUT2D eigenvalue weighted by molar-refractivity contribution is -0.149. The normalized spacial score (nSPS) is 23.1. The van der Waals surface area contributed by atoms with Gasteiger partial charge in [0.1, 0.15) is 0 Å². The first kappa shape index (κ1) is 11.7. The largest absolute Gasteiger partial charge is 0.452 e. The van der Waals surface area contributed by atoms with Crippen molar-refractivity contribution in [3.8, 4) is 11.1 Å². The molecular formula is C18H16O2. The van der Waals surface area contributed by atoms with Gasteiger partial charge in [-0.2, -0.15) is 0 Å². The predicted octanol–water partition coefficient (Wildman–Crippen LogP) is 3.96. The average molecular weight is 264 g/mol. The second-order valence-corrected chi connectivity index (χ2v) is 5.81. The lowest BCUT2D eigenvalue weighted by Gasteiger charge is -2.15. The lowest BCUT2D eigenvalue weighted by atomic mass is 10.1. The summed E-state index contributed by atoms with van der Waals surface area (Å²) in [7, 11) is 0. The number of ether oxygens (including phenoxy) is 1. The molecule has 2 heteroatoms. The summed E-state index contributed by atoms with van der Waals surface area (Å²) < 4.78 is 5.82. The number of fused-ring (bicyclic) bond motifs is 3. The third-order valence-corrected chi connectivity index (χ3v) is 4.42. The average Bonchev–Trinajstić information content (AvgIpc) is 3.14. The third-order valence-electron chi connectivity index (χ3n) is 4.42. The van der Waals surface area contributed by atoms with Crippen molar-refractivity contribution in [3.05, 3.63) is 59.7 Å². The van der Waals surface area contributed by atoms with Gasteiger partial charge in [0.25, 0.3) is 0 Å². The predicted molar refractivity (Wildman–Crippen MR) is 77.1 cm³/mol. The van der Waals surface area contributed by atoms with Gasteiger partial charge in [-0.05, 0) is 23.5 Å². The molecule has 2 aromatic carbocycles. The molecule has 0 radical (unpaired) electrons. The van der Waals surface area contributed by atoms with Crippen LogP contribution in [0.25, 0.3) is 11.1 Å². The van der Waals surface area contributed by atoms with Gasteiger partial charge in [-0.1, -0.05) is 55.5 Å². The molecule has 1 fully saturated rings. The maximum Gasteiger partial charge on any atom is 0.310 e. The topological polar surface area (TPSA) is 26.3 Å². The fraction of sp³-hybridized carbons (Fsp3) is 0.278. The molecule has 0 N–H and O–H groups in total. The van der Waals surface area contributed by atoms with E-state index in [-0.39, 0.29) is 18.0 Å². The molecule has 0 aliphatic heterocycles. The van der Waals surface area contributed by atoms with Gasteiger partial charge in [0.2, 0.25) is 0 Å². The van der Waals surface area contributed by atoms with Crippen molar-refractivity contribution < 1.29 is 9.53 Å². The summed E-state index contributed by atoms with van der Waals surface area (Å²) in [5, 5.41) is 0. The smallest absolute Gasteiger partial charge is 0.310 e. The van der Waals surface area contributed by atoms with E-state index in [1.807, 2.05) is 24.3 Å². The number of carbonyl (C=O) groups excluding carboxylic acids is 1. The molecular weight excluding hydrogens is 248 g/mol. The van der Waals surface area contributed by atoms with Crippen LogP contribution in [0.4, 0.5) is 0 Å². The minimum absolute atomic E-state index is 0.0472. The number of rotatable bonds is 2. The zero-order valence-corrected chi connectivity index (χ0v) is 11.4. The lowest BCUT2D eigenvalue weighted by Crippen LogP contribution is -2.12. The molecule has 2 aliphatic carbocycles. The van der Waals surface area contributed by atoms with E-state index in [0.29, 0.717) is 5.92 Å². The van der Waals surface area contributed by atoms with E-state index in [4.69, 9.17) is 4.74 Å². The summed E-state index contributed by atoms with van der Waals surface area (Å²) in [6, 6.07) is 16.4. The fourth-order valence-corrected chi connectivity index (χ4v) is 3.09. The molecule has 0 heterocycles. The van der Waals surface area contributed by atoms with E-state index >= 15 is 0 Å². The Morgan fingerprint density at radius 1 is 1.00 bits per heavy atom. The molecule has 0 bridgehead atoms. The maximum atomic E-state index is 12.2. The molecule has 0 aromatic heterocycles. The maximum absolute atomic E-state index is 12.2. The van der Waals surface area contributed by atoms with Gasteiger partial charge >= 0.3 is 5.97 Å². The van der Waals surface area contributed by atoms with Gasteiger partial charge in [-0.25, -0.2) is 0 Å². The van der Waals surface area contributed by atoms with Crippen LogP contribution in [-0.2, 0) is 9.53 Å². The van der Waals surface area contributed by atoms with Crippen molar-refractivity contribution in [1.29, 1.82) is 0 Å². The molecule has 4 rings (SSSR count). The highest BCUT2D eigenvalue weighted by Crippen LogP contribution is 2.47. The zero-order valence-electron chi connectivity index (χ0n) is 11.4. The highest BCUT2D eigenvalue weighted by Gasteiger charge is 2.42. The Labute approximate surface area is 118 Å². The SMILES string of the molecule is C[C@@H]1C[C@H]1C(=O)OC1c2ccccc2-c2ccccc21. The van der Waals surface area contributed by atoms with Crippen molar-refractivity contribution in [2.75, 3.05) is 0 Å². The molecule has 0 spiro atoms. The van der Waals surface area contributed by atoms with Crippen molar-refractivity contribution in [3.63, 3.8) is 0 Å². The van der Waals surface area contributed by atoms with Crippen LogP contribution in [-0.4, -0.2) is 5.97 Å². The van der Waals surface area contributed by atoms with E-state index < -0.39 is 0 Å². The van der Waals surface area contributed by atoms with Gasteiger partial charge in [0, 0.05) is 11.1 Å². The summed E-state index contributed by atoms with van der Waals surface area (Å²) in [5.41, 5.74) is 4.58. The van der Waals surface area contributed by atoms with Gasteiger partial charge in [-0.3, -0.25) is 4.79 Å². The molecule has 0 saturated heterocycles. The standard InChI is InChI=1S/C18H16O2/c1-11-10-16(11)18(19)20-17-14-8-4-2-6-12(14)13-7-3-5-9-15(13)17/h2-9,11,16-17H,10H2,1H3/t11-,16-/m1/s1. The van der Waals surface area contributed by atoms with Gasteiger partial charge in [-0.15, -0.1) is 0 Å². The van der Waals surface area contributed by atoms with E-state index in [1.54, 1.807) is 0 Å². The van der Waals surface area contributed by atoms with Crippen LogP contribution < -0.4 is 0 Å². The van der Waals surface area contributed by atoms with Crippen LogP contribution in [0.1, 0.15) is 30.6 Å².